The zero-order chi connectivity index (χ0) is 20.5. The van der Waals surface area contributed by atoms with Crippen LogP contribution in [0.25, 0.3) is 0 Å². The topological polar surface area (TPSA) is 114 Å². The van der Waals surface area contributed by atoms with Gasteiger partial charge in [0.15, 0.2) is 6.04 Å². The van der Waals surface area contributed by atoms with Gasteiger partial charge in [0.25, 0.3) is 11.8 Å². The zero-order valence-corrected chi connectivity index (χ0v) is 16.0. The Labute approximate surface area is 167 Å². The van der Waals surface area contributed by atoms with Gasteiger partial charge < -0.3 is 20.7 Å². The van der Waals surface area contributed by atoms with Gasteiger partial charge in [0.1, 0.15) is 12.4 Å². The van der Waals surface area contributed by atoms with Crippen LogP contribution in [0.2, 0.25) is 0 Å². The number of nitrogens with zero attached hydrogens (tertiary/aromatic N) is 1. The van der Waals surface area contributed by atoms with Crippen LogP contribution in [0.1, 0.15) is 25.7 Å². The van der Waals surface area contributed by atoms with Gasteiger partial charge in [-0.05, 0) is 55.7 Å². The molecule has 1 atom stereocenters. The lowest BCUT2D eigenvalue weighted by Crippen LogP contribution is -2.54. The van der Waals surface area contributed by atoms with Crippen molar-refractivity contribution in [3.8, 4) is 0 Å². The number of nitrogens with one attached hydrogen (secondary N) is 2. The summed E-state index contributed by atoms with van der Waals surface area (Å²) in [5, 5.41) is 5.56. The number of nitrogens with two attached hydrogens (primary N) is 1. The lowest BCUT2D eigenvalue weighted by molar-refractivity contribution is -0.128. The van der Waals surface area contributed by atoms with Gasteiger partial charge in [-0.25, -0.2) is 4.39 Å². The lowest BCUT2D eigenvalue weighted by atomic mass is 10.1. The van der Waals surface area contributed by atoms with Gasteiger partial charge in [0, 0.05) is 18.3 Å². The minimum Gasteiger partial charge on any atom is -0.370 e. The summed E-state index contributed by atoms with van der Waals surface area (Å²) in [5.41, 5.74) is 5.77. The van der Waals surface area contributed by atoms with Gasteiger partial charge in [-0.3, -0.25) is 19.7 Å². The summed E-state index contributed by atoms with van der Waals surface area (Å²) >= 11 is 0. The van der Waals surface area contributed by atoms with Crippen LogP contribution in [0.15, 0.2) is 18.2 Å². The summed E-state index contributed by atoms with van der Waals surface area (Å²) in [6, 6.07) is 2.98. The van der Waals surface area contributed by atoms with Gasteiger partial charge in [-0.2, -0.15) is 0 Å². The number of carbonyl (C=O) groups is 3. The first-order chi connectivity index (χ1) is 13.9. The Hall–Kier alpha value is -2.52. The fourth-order valence-electron chi connectivity index (χ4n) is 3.82. The van der Waals surface area contributed by atoms with Crippen LogP contribution in [-0.4, -0.2) is 49.6 Å². The van der Waals surface area contributed by atoms with E-state index < -0.39 is 23.7 Å². The predicted molar refractivity (Wildman–Crippen MR) is 104 cm³/mol. The summed E-state index contributed by atoms with van der Waals surface area (Å²) in [6.07, 6.45) is 4.32. The van der Waals surface area contributed by atoms with E-state index in [1.165, 1.54) is 17.0 Å². The number of anilines is 2. The molecular formula is C20H25FN4O4. The number of ether oxygens (including phenoxy) is 1. The highest BCUT2D eigenvalue weighted by Crippen LogP contribution is 2.44. The monoisotopic (exact) mass is 404 g/mol. The second-order valence-electron chi connectivity index (χ2n) is 7.95. The van der Waals surface area contributed by atoms with E-state index in [1.807, 2.05) is 0 Å². The molecule has 4 N–H and O–H groups in total. The van der Waals surface area contributed by atoms with Crippen molar-refractivity contribution in [3.05, 3.63) is 24.0 Å². The fraction of sp³-hybridized carbons (Fsp3) is 0.550. The van der Waals surface area contributed by atoms with Crippen molar-refractivity contribution in [3.63, 3.8) is 0 Å². The minimum absolute atomic E-state index is 0.0464. The summed E-state index contributed by atoms with van der Waals surface area (Å²) in [6.45, 7) is 0.664. The molecular weight excluding hydrogens is 379 g/mol. The first-order valence-electron chi connectivity index (χ1n) is 9.98. The molecule has 1 aliphatic heterocycles. The molecule has 1 aromatic rings. The molecule has 0 spiro atoms. The molecule has 8 nitrogen and oxygen atoms in total. The van der Waals surface area contributed by atoms with Crippen molar-refractivity contribution in [2.75, 3.05) is 30.0 Å². The van der Waals surface area contributed by atoms with Crippen molar-refractivity contribution >= 4 is 29.1 Å². The Balaban J connectivity index is 1.44. The molecule has 0 radical (unpaired) electrons. The molecule has 9 heteroatoms. The van der Waals surface area contributed by atoms with Gasteiger partial charge >= 0.3 is 0 Å². The molecule has 29 heavy (non-hydrogen) atoms. The number of amides is 3. The molecule has 2 saturated carbocycles. The highest BCUT2D eigenvalue weighted by Gasteiger charge is 2.44. The first kappa shape index (κ1) is 19.8. The van der Waals surface area contributed by atoms with E-state index in [-0.39, 0.29) is 24.2 Å². The average Bonchev–Trinajstić information content (AvgIpc) is 3.58. The van der Waals surface area contributed by atoms with E-state index >= 15 is 0 Å². The Morgan fingerprint density at radius 3 is 2.45 bits per heavy atom. The molecule has 2 aliphatic carbocycles. The van der Waals surface area contributed by atoms with Crippen LogP contribution in [0.3, 0.4) is 0 Å². The highest BCUT2D eigenvalue weighted by atomic mass is 19.1. The number of hydrogen-bond acceptors (Lipinski definition) is 5. The Bertz CT molecular complexity index is 813. The van der Waals surface area contributed by atoms with E-state index in [9.17, 15) is 18.8 Å². The first-order valence-corrected chi connectivity index (χ1v) is 9.98. The number of hydrogen-bond donors (Lipinski definition) is 3. The standard InChI is InChI=1S/C20H25FN4O4/c21-14-9-13(25-7-8-29-10-16(25)26)5-6-15(14)23-20(28)18(19(22)27)24-17(11-1-2-11)12-3-4-12/h5-6,9,11-12,17-18,24H,1-4,7-8,10H2,(H2,22,27)(H,23,28)/t18-/m1/s1. The van der Waals surface area contributed by atoms with Gasteiger partial charge in [0.05, 0.1) is 12.3 Å². The molecule has 0 bridgehead atoms. The van der Waals surface area contributed by atoms with Crippen LogP contribution in [0.5, 0.6) is 0 Å². The van der Waals surface area contributed by atoms with Crippen molar-refractivity contribution in [2.45, 2.75) is 37.8 Å². The molecule has 0 aromatic heterocycles. The number of morpholine rings is 1. The van der Waals surface area contributed by atoms with Crippen LogP contribution in [-0.2, 0) is 19.1 Å². The average molecular weight is 404 g/mol. The molecule has 1 aromatic carbocycles. The van der Waals surface area contributed by atoms with E-state index in [2.05, 4.69) is 10.6 Å². The molecule has 1 heterocycles. The molecule has 1 saturated heterocycles. The summed E-state index contributed by atoms with van der Waals surface area (Å²) in [4.78, 5) is 37.9. The van der Waals surface area contributed by atoms with Crippen molar-refractivity contribution in [1.29, 1.82) is 0 Å². The van der Waals surface area contributed by atoms with Crippen LogP contribution in [0, 0.1) is 17.7 Å². The maximum absolute atomic E-state index is 14.6. The van der Waals surface area contributed by atoms with E-state index in [0.717, 1.165) is 25.7 Å². The third-order valence-corrected chi connectivity index (χ3v) is 5.67. The normalized spacial score (nSPS) is 20.6. The van der Waals surface area contributed by atoms with Crippen LogP contribution in [0.4, 0.5) is 15.8 Å². The summed E-state index contributed by atoms with van der Waals surface area (Å²) in [5.74, 6) is -1.47. The molecule has 3 amide bonds. The van der Waals surface area contributed by atoms with Gasteiger partial charge in [-0.15, -0.1) is 0 Å². The number of carbonyl (C=O) groups excluding carboxylic acids is 3. The molecule has 156 valence electrons. The number of rotatable bonds is 8. The maximum atomic E-state index is 14.6. The van der Waals surface area contributed by atoms with Crippen molar-refractivity contribution in [2.24, 2.45) is 17.6 Å². The van der Waals surface area contributed by atoms with Gasteiger partial charge in [0.2, 0.25) is 5.91 Å². The van der Waals surface area contributed by atoms with E-state index in [0.29, 0.717) is 30.7 Å². The summed E-state index contributed by atoms with van der Waals surface area (Å²) in [7, 11) is 0. The van der Waals surface area contributed by atoms with E-state index in [1.54, 1.807) is 6.07 Å². The van der Waals surface area contributed by atoms with Gasteiger partial charge in [-0.1, -0.05) is 0 Å². The van der Waals surface area contributed by atoms with Crippen molar-refractivity contribution in [1.82, 2.24) is 5.32 Å². The highest BCUT2D eigenvalue weighted by molar-refractivity contribution is 6.09. The largest absolute Gasteiger partial charge is 0.370 e. The third-order valence-electron chi connectivity index (χ3n) is 5.67. The summed E-state index contributed by atoms with van der Waals surface area (Å²) < 4.78 is 19.6. The molecule has 4 rings (SSSR count). The molecule has 0 unspecified atom stereocenters. The second kappa shape index (κ2) is 8.08. The SMILES string of the molecule is NC(=O)[C@@H](NC(C1CC1)C1CC1)C(=O)Nc1ccc(N2CCOCC2=O)cc1F. The Morgan fingerprint density at radius 2 is 1.90 bits per heavy atom. The number of halogens is 1. The number of benzene rings is 1. The van der Waals surface area contributed by atoms with E-state index in [4.69, 9.17) is 10.5 Å². The number of primary amides is 1. The Kier molecular flexibility index (Phi) is 5.51. The molecule has 3 aliphatic rings. The lowest BCUT2D eigenvalue weighted by Gasteiger charge is -2.27. The third kappa shape index (κ3) is 4.56. The predicted octanol–water partition coefficient (Wildman–Crippen LogP) is 0.759. The smallest absolute Gasteiger partial charge is 0.253 e. The minimum atomic E-state index is -1.22. The van der Waals surface area contributed by atoms with Crippen LogP contribution < -0.4 is 21.3 Å². The van der Waals surface area contributed by atoms with Crippen LogP contribution >= 0.6 is 0 Å². The van der Waals surface area contributed by atoms with Crippen molar-refractivity contribution < 1.29 is 23.5 Å². The molecule has 3 fully saturated rings. The second-order valence-corrected chi connectivity index (χ2v) is 7.95. The quantitative estimate of drug-likeness (QED) is 0.554. The Morgan fingerprint density at radius 1 is 1.21 bits per heavy atom. The maximum Gasteiger partial charge on any atom is 0.253 e. The fourth-order valence-corrected chi connectivity index (χ4v) is 3.82. The zero-order valence-electron chi connectivity index (χ0n) is 16.0.